The van der Waals surface area contributed by atoms with Crippen LogP contribution in [0.4, 0.5) is 0 Å². The molecule has 0 amide bonds. The summed E-state index contributed by atoms with van der Waals surface area (Å²) in [5.41, 5.74) is 0. The van der Waals surface area contributed by atoms with E-state index in [1.165, 1.54) is 0 Å². The fourth-order valence-electron chi connectivity index (χ4n) is 0.313. The molecular weight excluding hydrogens is 93.1 g/mol. The van der Waals surface area contributed by atoms with Gasteiger partial charge in [-0.3, -0.25) is 4.98 Å². The molecule has 0 aliphatic rings. The highest BCUT2D eigenvalue weighted by Gasteiger charge is 1.58. The van der Waals surface area contributed by atoms with Crippen molar-refractivity contribution in [3.05, 3.63) is 30.6 Å². The second-order valence-corrected chi connectivity index (χ2v) is 1.02. The predicted octanol–water partition coefficient (Wildman–Crippen LogP) is -1.91. The Morgan fingerprint density at radius 3 is 1.57 bits per heavy atom. The zero-order valence-electron chi connectivity index (χ0n) is 3.71. The second-order valence-electron chi connectivity index (χ2n) is 1.02. The topological polar surface area (TPSA) is 12.9 Å². The van der Waals surface area contributed by atoms with Crippen LogP contribution >= 0.6 is 0 Å². The molecule has 1 rings (SSSR count). The number of pyridine rings is 1. The smallest absolute Gasteiger partial charge is 0.0267 e. The van der Waals surface area contributed by atoms with Gasteiger partial charge in [-0.15, -0.1) is 0 Å². The van der Waals surface area contributed by atoms with Gasteiger partial charge in [-0.25, -0.2) is 0 Å². The lowest BCUT2D eigenvalue weighted by molar-refractivity contribution is -0.00000128. The molecule has 0 unspecified atom stereocenters. The first-order valence-corrected chi connectivity index (χ1v) is 1.85. The van der Waals surface area contributed by atoms with Gasteiger partial charge in [-0.2, -0.15) is 0 Å². The molecule has 0 radical (unpaired) electrons. The summed E-state index contributed by atoms with van der Waals surface area (Å²) in [5.74, 6) is 0. The fourth-order valence-corrected chi connectivity index (χ4v) is 0.313. The van der Waals surface area contributed by atoms with Crippen LogP contribution in [0.5, 0.6) is 0 Å². The van der Waals surface area contributed by atoms with Crippen molar-refractivity contribution < 1.29 is 4.70 Å². The summed E-state index contributed by atoms with van der Waals surface area (Å²) < 4.78 is 0. The Balaban J connectivity index is 0.000000360. The average molecular weight is 98.1 g/mol. The van der Waals surface area contributed by atoms with Gasteiger partial charge in [0, 0.05) is 12.4 Å². The lowest BCUT2D eigenvalue weighted by Crippen LogP contribution is -3.00. The number of nitrogens with zero attached hydrogens (tertiary/aromatic N) is 1. The third-order valence-electron chi connectivity index (χ3n) is 0.566. The summed E-state index contributed by atoms with van der Waals surface area (Å²) in [6.07, 6.45) is 3.50. The van der Waals surface area contributed by atoms with Crippen LogP contribution in [-0.4, -0.2) is 4.98 Å². The molecule has 2 heteroatoms. The van der Waals surface area contributed by atoms with Gasteiger partial charge in [0.2, 0.25) is 0 Å². The zero-order valence-corrected chi connectivity index (χ0v) is 3.71. The number of hydrogen-bond acceptors (Lipinski definition) is 1. The van der Waals surface area contributed by atoms with Crippen LogP contribution in [0.1, 0.15) is 0 Å². The van der Waals surface area contributed by atoms with Gasteiger partial charge in [-0.1, -0.05) is 6.07 Å². The van der Waals surface area contributed by atoms with Crippen molar-refractivity contribution in [1.82, 2.24) is 4.98 Å². The molecule has 1 aromatic rings. The first kappa shape index (κ1) is 6.08. The molecule has 7 heavy (non-hydrogen) atoms. The molecule has 1 nitrogen and oxygen atoms in total. The van der Waals surface area contributed by atoms with Gasteiger partial charge >= 0.3 is 0 Å². The van der Waals surface area contributed by atoms with Gasteiger partial charge in [-0.05, 0) is 12.1 Å². The quantitative estimate of drug-likeness (QED) is 0.369. The van der Waals surface area contributed by atoms with Crippen LogP contribution in [-0.2, 0) is 0 Å². The van der Waals surface area contributed by atoms with Gasteiger partial charge in [0.25, 0.3) is 0 Å². The SMILES string of the molecule is [F-].c1ccncc1. The van der Waals surface area contributed by atoms with E-state index in [-0.39, 0.29) is 4.70 Å². The summed E-state index contributed by atoms with van der Waals surface area (Å²) in [7, 11) is 0. The van der Waals surface area contributed by atoms with Crippen molar-refractivity contribution in [1.29, 1.82) is 0 Å². The summed E-state index contributed by atoms with van der Waals surface area (Å²) in [6.45, 7) is 0. The van der Waals surface area contributed by atoms with E-state index in [2.05, 4.69) is 4.98 Å². The Morgan fingerprint density at radius 1 is 0.857 bits per heavy atom. The number of hydrogen-bond donors (Lipinski definition) is 0. The van der Waals surface area contributed by atoms with E-state index < -0.39 is 0 Å². The average Bonchev–Trinajstić information content (AvgIpc) is 1.72. The molecule has 0 fully saturated rings. The van der Waals surface area contributed by atoms with Gasteiger partial charge in [0.15, 0.2) is 0 Å². The number of rotatable bonds is 0. The molecule has 1 heterocycles. The van der Waals surface area contributed by atoms with Crippen LogP contribution in [0.3, 0.4) is 0 Å². The standard InChI is InChI=1S/C5H5N.FH/c1-2-4-6-5-3-1;/h1-5H;1H/p-1. The largest absolute Gasteiger partial charge is 1.00 e. The molecule has 38 valence electrons. The first-order valence-electron chi connectivity index (χ1n) is 1.85. The lowest BCUT2D eigenvalue weighted by atomic mass is 10.5. The maximum atomic E-state index is 3.78. The van der Waals surface area contributed by atoms with Crippen molar-refractivity contribution in [3.8, 4) is 0 Å². The summed E-state index contributed by atoms with van der Waals surface area (Å²) in [5, 5.41) is 0. The molecule has 0 atom stereocenters. The number of halogens is 1. The summed E-state index contributed by atoms with van der Waals surface area (Å²) in [6, 6.07) is 5.72. The first-order chi connectivity index (χ1) is 3.00. The van der Waals surface area contributed by atoms with Crippen molar-refractivity contribution in [2.24, 2.45) is 0 Å². The van der Waals surface area contributed by atoms with Crippen LogP contribution in [0.2, 0.25) is 0 Å². The highest BCUT2D eigenvalue weighted by molar-refractivity contribution is 4.88. The van der Waals surface area contributed by atoms with E-state index in [1.54, 1.807) is 12.4 Å². The molecule has 0 aromatic carbocycles. The van der Waals surface area contributed by atoms with Crippen LogP contribution in [0, 0.1) is 0 Å². The van der Waals surface area contributed by atoms with Crippen LogP contribution in [0.15, 0.2) is 30.6 Å². The zero-order chi connectivity index (χ0) is 4.24. The number of aromatic nitrogens is 1. The van der Waals surface area contributed by atoms with E-state index in [4.69, 9.17) is 0 Å². The maximum absolute atomic E-state index is 3.78. The predicted molar refractivity (Wildman–Crippen MR) is 24.2 cm³/mol. The third-order valence-corrected chi connectivity index (χ3v) is 0.566. The minimum absolute atomic E-state index is 0. The van der Waals surface area contributed by atoms with Crippen LogP contribution in [0.25, 0.3) is 0 Å². The minimum Gasteiger partial charge on any atom is -1.00 e. The fraction of sp³-hybridized carbons (Fsp3) is 0. The van der Waals surface area contributed by atoms with E-state index in [9.17, 15) is 0 Å². The van der Waals surface area contributed by atoms with Gasteiger partial charge < -0.3 is 4.70 Å². The lowest BCUT2D eigenvalue weighted by Gasteiger charge is -1.70. The van der Waals surface area contributed by atoms with Gasteiger partial charge in [0.1, 0.15) is 0 Å². The third kappa shape index (κ3) is 1.87. The Morgan fingerprint density at radius 2 is 1.43 bits per heavy atom. The summed E-state index contributed by atoms with van der Waals surface area (Å²) in [4.78, 5) is 3.78. The molecule has 0 aliphatic heterocycles. The van der Waals surface area contributed by atoms with E-state index in [0.717, 1.165) is 0 Å². The molecule has 0 saturated carbocycles. The molecule has 1 aromatic heterocycles. The Kier molecular flexibility index (Phi) is 2.85. The maximum Gasteiger partial charge on any atom is 0.0267 e. The van der Waals surface area contributed by atoms with Crippen molar-refractivity contribution in [3.63, 3.8) is 0 Å². The second kappa shape index (κ2) is 3.28. The van der Waals surface area contributed by atoms with Crippen molar-refractivity contribution in [2.75, 3.05) is 0 Å². The molecule has 0 bridgehead atoms. The monoisotopic (exact) mass is 98.0 g/mol. The highest BCUT2D eigenvalue weighted by atomic mass is 19.0. The van der Waals surface area contributed by atoms with Crippen LogP contribution < -0.4 is 4.70 Å². The molecule has 0 spiro atoms. The van der Waals surface area contributed by atoms with Gasteiger partial charge in [0.05, 0.1) is 0 Å². The van der Waals surface area contributed by atoms with E-state index >= 15 is 0 Å². The van der Waals surface area contributed by atoms with E-state index in [0.29, 0.717) is 0 Å². The molecule has 0 aliphatic carbocycles. The van der Waals surface area contributed by atoms with Crippen molar-refractivity contribution >= 4 is 0 Å². The molecular formula is C5H5FN-. The Labute approximate surface area is 41.4 Å². The summed E-state index contributed by atoms with van der Waals surface area (Å²) >= 11 is 0. The Hall–Kier alpha value is -0.920. The molecule has 0 N–H and O–H groups in total. The molecule has 0 saturated heterocycles. The van der Waals surface area contributed by atoms with Crippen molar-refractivity contribution in [2.45, 2.75) is 0 Å². The minimum atomic E-state index is 0. The van der Waals surface area contributed by atoms with E-state index in [1.807, 2.05) is 18.2 Å². The normalized spacial score (nSPS) is 6.86. The Bertz CT molecular complexity index is 80.0. The highest BCUT2D eigenvalue weighted by Crippen LogP contribution is 1.73.